The third kappa shape index (κ3) is 5.82. The van der Waals surface area contributed by atoms with Crippen LogP contribution in [0.25, 0.3) is 0 Å². The summed E-state index contributed by atoms with van der Waals surface area (Å²) in [6.45, 7) is 0. The first-order valence-electron chi connectivity index (χ1n) is 7.12. The van der Waals surface area contributed by atoms with Crippen molar-refractivity contribution in [1.82, 2.24) is 0 Å². The Hall–Kier alpha value is -3.87. The predicted octanol–water partition coefficient (Wildman–Crippen LogP) is 4.99. The minimum absolute atomic E-state index is 0.0468. The van der Waals surface area contributed by atoms with Crippen LogP contribution in [-0.4, -0.2) is 24.6 Å². The number of hydrogen-bond acceptors (Lipinski definition) is 6. The first-order valence-corrected chi connectivity index (χ1v) is 7.12. The lowest BCUT2D eigenvalue weighted by Crippen LogP contribution is -2.42. The summed E-state index contributed by atoms with van der Waals surface area (Å²) >= 11 is 0. The van der Waals surface area contributed by atoms with Gasteiger partial charge in [0, 0.05) is 6.07 Å². The number of nitriles is 3. The molecule has 0 atom stereocenters. The van der Waals surface area contributed by atoms with E-state index in [1.807, 2.05) is 0 Å². The summed E-state index contributed by atoms with van der Waals surface area (Å²) in [5.74, 6) is -2.92. The molecule has 1 aromatic carbocycles. The van der Waals surface area contributed by atoms with Crippen molar-refractivity contribution in [1.29, 1.82) is 15.8 Å². The van der Waals surface area contributed by atoms with E-state index in [1.165, 1.54) is 0 Å². The Morgan fingerprint density at radius 1 is 0.742 bits per heavy atom. The van der Waals surface area contributed by atoms with Crippen LogP contribution in [0, 0.1) is 34.0 Å². The maximum Gasteiger partial charge on any atom is 0.499 e. The maximum atomic E-state index is 13.2. The second kappa shape index (κ2) is 8.47. The van der Waals surface area contributed by atoms with Crippen molar-refractivity contribution in [3.8, 4) is 29.7 Å². The van der Waals surface area contributed by atoms with Crippen LogP contribution >= 0.6 is 0 Å². The topological polar surface area (TPSA) is 102 Å². The molecular weight excluding hydrogens is 458 g/mol. The molecule has 0 radical (unpaired) electrons. The van der Waals surface area contributed by atoms with Gasteiger partial charge < -0.3 is 14.8 Å². The minimum atomic E-state index is -6.28. The van der Waals surface area contributed by atoms with Gasteiger partial charge in [-0.3, -0.25) is 0 Å². The number of nitrogens with one attached hydrogen (secondary N) is 1. The van der Waals surface area contributed by atoms with E-state index >= 15 is 0 Å². The van der Waals surface area contributed by atoms with Crippen LogP contribution in [0.15, 0.2) is 29.5 Å². The zero-order valence-corrected chi connectivity index (χ0v) is 14.2. The fraction of sp³-hybridized carbons (Fsp3) is 0.267. The Balaban J connectivity index is 3.56. The molecule has 0 aliphatic carbocycles. The lowest BCUT2D eigenvalue weighted by Gasteiger charge is -2.23. The molecule has 16 heteroatoms. The van der Waals surface area contributed by atoms with E-state index in [9.17, 15) is 43.9 Å². The van der Waals surface area contributed by atoms with Gasteiger partial charge in [-0.2, -0.15) is 59.7 Å². The number of rotatable bonds is 6. The van der Waals surface area contributed by atoms with Crippen molar-refractivity contribution in [2.24, 2.45) is 0 Å². The molecule has 0 bridgehead atoms. The molecule has 0 heterocycles. The Labute approximate surface area is 165 Å². The smallest absolute Gasteiger partial charge is 0.426 e. The van der Waals surface area contributed by atoms with Crippen LogP contribution in [0.1, 0.15) is 0 Å². The Bertz CT molecular complexity index is 977. The van der Waals surface area contributed by atoms with E-state index < -0.39 is 53.0 Å². The average Bonchev–Trinajstić information content (AvgIpc) is 2.61. The van der Waals surface area contributed by atoms with Gasteiger partial charge >= 0.3 is 24.6 Å². The van der Waals surface area contributed by atoms with Gasteiger partial charge in [0.1, 0.15) is 29.7 Å². The molecule has 1 aromatic rings. The van der Waals surface area contributed by atoms with Crippen molar-refractivity contribution in [3.05, 3.63) is 29.5 Å². The molecule has 1 rings (SSSR count). The van der Waals surface area contributed by atoms with Gasteiger partial charge in [-0.25, -0.2) is 0 Å². The van der Waals surface area contributed by atoms with Gasteiger partial charge in [0.25, 0.3) is 0 Å². The van der Waals surface area contributed by atoms with Crippen LogP contribution in [0.4, 0.5) is 49.6 Å². The fourth-order valence-corrected chi connectivity index (χ4v) is 1.58. The highest BCUT2D eigenvalue weighted by molar-refractivity contribution is 5.66. The van der Waals surface area contributed by atoms with Crippen LogP contribution in [0.5, 0.6) is 11.5 Å². The van der Waals surface area contributed by atoms with Crippen molar-refractivity contribution < 1.29 is 53.4 Å². The largest absolute Gasteiger partial charge is 0.499 e. The van der Waals surface area contributed by atoms with Gasteiger partial charge in [-0.15, -0.1) is 0 Å². The number of benzene rings is 1. The second-order valence-corrected chi connectivity index (χ2v) is 5.10. The molecule has 0 amide bonds. The normalized spacial score (nSPS) is 12.1. The molecule has 0 aliphatic rings. The fourth-order valence-electron chi connectivity index (χ4n) is 1.58. The molecule has 166 valence electrons. The number of nitrogens with zero attached hydrogens (tertiary/aromatic N) is 3. The summed E-state index contributed by atoms with van der Waals surface area (Å²) < 4.78 is 133. The third-order valence-corrected chi connectivity index (χ3v) is 2.94. The molecule has 1 N–H and O–H groups in total. The van der Waals surface area contributed by atoms with E-state index in [0.29, 0.717) is 0 Å². The predicted molar refractivity (Wildman–Crippen MR) is 77.2 cm³/mol. The third-order valence-electron chi connectivity index (χ3n) is 2.94. The van der Waals surface area contributed by atoms with Gasteiger partial charge in [0.2, 0.25) is 0 Å². The number of anilines is 1. The van der Waals surface area contributed by atoms with Crippen molar-refractivity contribution in [2.75, 3.05) is 5.32 Å². The highest BCUT2D eigenvalue weighted by Gasteiger charge is 2.62. The molecule has 0 aliphatic heterocycles. The van der Waals surface area contributed by atoms with Crippen LogP contribution in [0.2, 0.25) is 0 Å². The minimum Gasteiger partial charge on any atom is -0.426 e. The quantitative estimate of drug-likeness (QED) is 0.472. The zero-order valence-electron chi connectivity index (χ0n) is 14.2. The van der Waals surface area contributed by atoms with E-state index in [-0.39, 0.29) is 18.2 Å². The van der Waals surface area contributed by atoms with Gasteiger partial charge in [0.05, 0.1) is 5.69 Å². The van der Waals surface area contributed by atoms with E-state index in [4.69, 9.17) is 15.8 Å². The zero-order chi connectivity index (χ0) is 24.3. The maximum absolute atomic E-state index is 13.2. The standard InChI is InChI=1S/C15H4F10N4O2/c16-12(17,18)14(22,23)30-8-1-2-11(31-15(24,25)13(19,20)21)9(3-8)29-10(6-28)7(4-26)5-27/h1-3,29H. The number of alkyl halides is 10. The van der Waals surface area contributed by atoms with Crippen molar-refractivity contribution >= 4 is 5.69 Å². The number of ether oxygens (including phenoxy) is 2. The lowest BCUT2D eigenvalue weighted by atomic mass is 10.2. The van der Waals surface area contributed by atoms with Crippen LogP contribution < -0.4 is 14.8 Å². The summed E-state index contributed by atoms with van der Waals surface area (Å²) in [5.41, 5.74) is -3.35. The van der Waals surface area contributed by atoms with Gasteiger partial charge in [-0.1, -0.05) is 0 Å². The Morgan fingerprint density at radius 2 is 1.23 bits per heavy atom. The van der Waals surface area contributed by atoms with Crippen LogP contribution in [0.3, 0.4) is 0 Å². The lowest BCUT2D eigenvalue weighted by molar-refractivity contribution is -0.361. The molecule has 0 unspecified atom stereocenters. The molecule has 0 saturated heterocycles. The SMILES string of the molecule is N#CC(C#N)=C(C#N)Nc1cc(OC(F)(F)C(F)(F)F)ccc1OC(F)(F)C(F)(F)F. The highest BCUT2D eigenvalue weighted by atomic mass is 19.4. The number of hydrogen-bond donors (Lipinski definition) is 1. The molecule has 0 spiro atoms. The van der Waals surface area contributed by atoms with Gasteiger partial charge in [0.15, 0.2) is 11.3 Å². The summed E-state index contributed by atoms with van der Waals surface area (Å²) in [6, 6.07) is 3.74. The summed E-state index contributed by atoms with van der Waals surface area (Å²) in [6.07, 6.45) is -24.2. The summed E-state index contributed by atoms with van der Waals surface area (Å²) in [4.78, 5) is 0. The Kier molecular flexibility index (Phi) is 6.88. The number of allylic oxidation sites excluding steroid dienone is 2. The molecule has 6 nitrogen and oxygen atoms in total. The van der Waals surface area contributed by atoms with Gasteiger partial charge in [-0.05, 0) is 12.1 Å². The molecule has 0 aromatic heterocycles. The number of halogens is 10. The van der Waals surface area contributed by atoms with Crippen molar-refractivity contribution in [3.63, 3.8) is 0 Å². The Morgan fingerprint density at radius 3 is 1.65 bits per heavy atom. The molecule has 0 saturated carbocycles. The monoisotopic (exact) mass is 462 g/mol. The van der Waals surface area contributed by atoms with E-state index in [0.717, 1.165) is 18.2 Å². The molecule has 31 heavy (non-hydrogen) atoms. The highest BCUT2D eigenvalue weighted by Crippen LogP contribution is 2.43. The van der Waals surface area contributed by atoms with E-state index in [1.54, 1.807) is 5.32 Å². The first kappa shape index (κ1) is 25.2. The summed E-state index contributed by atoms with van der Waals surface area (Å²) in [5, 5.41) is 28.0. The second-order valence-electron chi connectivity index (χ2n) is 5.10. The van der Waals surface area contributed by atoms with Crippen LogP contribution in [-0.2, 0) is 0 Å². The summed E-state index contributed by atoms with van der Waals surface area (Å²) in [7, 11) is 0. The van der Waals surface area contributed by atoms with E-state index in [2.05, 4.69) is 9.47 Å². The van der Waals surface area contributed by atoms with Crippen molar-refractivity contribution in [2.45, 2.75) is 24.6 Å². The first-order chi connectivity index (χ1) is 14.0. The molecular formula is C15H4F10N4O2. The average molecular weight is 462 g/mol. The molecule has 0 fully saturated rings.